The van der Waals surface area contributed by atoms with Crippen LogP contribution in [-0.4, -0.2) is 21.9 Å². The van der Waals surface area contributed by atoms with E-state index in [9.17, 15) is 19.7 Å². The van der Waals surface area contributed by atoms with E-state index in [-0.39, 0.29) is 22.5 Å². The third kappa shape index (κ3) is 4.71. The van der Waals surface area contributed by atoms with Crippen molar-refractivity contribution in [3.8, 4) is 0 Å². The maximum Gasteiger partial charge on any atom is 0.335 e. The molecule has 0 aliphatic heterocycles. The van der Waals surface area contributed by atoms with Crippen molar-refractivity contribution in [3.63, 3.8) is 0 Å². The first-order valence-corrected chi connectivity index (χ1v) is 9.12. The lowest BCUT2D eigenvalue weighted by Gasteiger charge is -2.09. The lowest BCUT2D eigenvalue weighted by Crippen LogP contribution is -2.13. The molecule has 1 amide bonds. The van der Waals surface area contributed by atoms with E-state index in [1.807, 2.05) is 0 Å². The minimum atomic E-state index is -1.13. The highest BCUT2D eigenvalue weighted by Crippen LogP contribution is 2.37. The van der Waals surface area contributed by atoms with E-state index in [1.54, 1.807) is 24.3 Å². The number of hydrogen-bond donors (Lipinski definition) is 3. The van der Waals surface area contributed by atoms with Crippen LogP contribution in [0, 0.1) is 10.1 Å². The Hall–Kier alpha value is -3.85. The summed E-state index contributed by atoms with van der Waals surface area (Å²) < 4.78 is 0. The molecule has 3 aromatic rings. The fraction of sp³-hybridized carbons (Fsp3) is 0. The molecule has 0 heterocycles. The van der Waals surface area contributed by atoms with Crippen molar-refractivity contribution in [2.24, 2.45) is 0 Å². The molecule has 0 saturated heterocycles. The van der Waals surface area contributed by atoms with Crippen molar-refractivity contribution in [2.45, 2.75) is 9.79 Å². The highest BCUT2D eigenvalue weighted by atomic mass is 32.2. The second-order valence-corrected chi connectivity index (χ2v) is 7.00. The zero-order chi connectivity index (χ0) is 21.0. The smallest absolute Gasteiger partial charge is 0.335 e. The normalized spacial score (nSPS) is 10.3. The largest absolute Gasteiger partial charge is 0.478 e. The third-order valence-corrected chi connectivity index (χ3v) is 5.08. The van der Waals surface area contributed by atoms with Crippen LogP contribution in [0.25, 0.3) is 0 Å². The predicted molar refractivity (Wildman–Crippen MR) is 109 cm³/mol. The number of hydrogen-bond acceptors (Lipinski definition) is 6. The first-order valence-electron chi connectivity index (χ1n) is 8.30. The van der Waals surface area contributed by atoms with Crippen LogP contribution in [-0.2, 0) is 0 Å². The van der Waals surface area contributed by atoms with Gasteiger partial charge in [-0.05, 0) is 42.5 Å². The number of carbonyl (C=O) groups excluding carboxylic acids is 1. The Morgan fingerprint density at radius 2 is 1.72 bits per heavy atom. The first-order chi connectivity index (χ1) is 13.8. The van der Waals surface area contributed by atoms with Gasteiger partial charge in [0.2, 0.25) is 0 Å². The van der Waals surface area contributed by atoms with Crippen molar-refractivity contribution in [3.05, 3.63) is 88.0 Å². The van der Waals surface area contributed by atoms with Crippen LogP contribution >= 0.6 is 11.8 Å². The molecular weight excluding hydrogens is 394 g/mol. The number of rotatable bonds is 6. The van der Waals surface area contributed by atoms with E-state index in [4.69, 9.17) is 10.8 Å². The van der Waals surface area contributed by atoms with Crippen LogP contribution in [0.3, 0.4) is 0 Å². The van der Waals surface area contributed by atoms with Gasteiger partial charge in [0.25, 0.3) is 11.6 Å². The summed E-state index contributed by atoms with van der Waals surface area (Å²) in [5.41, 5.74) is 6.51. The van der Waals surface area contributed by atoms with E-state index in [1.165, 1.54) is 42.5 Å². The average Bonchev–Trinajstić information content (AvgIpc) is 2.70. The number of amides is 1. The highest BCUT2D eigenvalue weighted by molar-refractivity contribution is 7.99. The second kappa shape index (κ2) is 8.44. The maximum atomic E-state index is 12.5. The summed E-state index contributed by atoms with van der Waals surface area (Å²) in [4.78, 5) is 35.5. The van der Waals surface area contributed by atoms with Gasteiger partial charge in [0.1, 0.15) is 0 Å². The summed E-state index contributed by atoms with van der Waals surface area (Å²) >= 11 is 1.14. The lowest BCUT2D eigenvalue weighted by molar-refractivity contribution is -0.387. The topological polar surface area (TPSA) is 136 Å². The van der Waals surface area contributed by atoms with E-state index in [0.29, 0.717) is 15.5 Å². The summed E-state index contributed by atoms with van der Waals surface area (Å²) in [6, 6.07) is 16.8. The Bertz CT molecular complexity index is 1120. The summed E-state index contributed by atoms with van der Waals surface area (Å²) in [5, 5.41) is 23.1. The third-order valence-electron chi connectivity index (χ3n) is 3.92. The molecule has 0 aromatic heterocycles. The Morgan fingerprint density at radius 3 is 2.41 bits per heavy atom. The minimum absolute atomic E-state index is 0.0148. The van der Waals surface area contributed by atoms with Gasteiger partial charge in [-0.25, -0.2) is 4.79 Å². The van der Waals surface area contributed by atoms with Crippen LogP contribution in [0.5, 0.6) is 0 Å². The number of nitrogens with zero attached hydrogens (tertiary/aromatic N) is 1. The monoisotopic (exact) mass is 409 g/mol. The van der Waals surface area contributed by atoms with Crippen LogP contribution in [0.15, 0.2) is 76.5 Å². The van der Waals surface area contributed by atoms with Gasteiger partial charge >= 0.3 is 5.97 Å². The number of nitrogens with one attached hydrogen (secondary N) is 1. The molecule has 0 fully saturated rings. The Labute approximate surface area is 169 Å². The van der Waals surface area contributed by atoms with Crippen molar-refractivity contribution >= 4 is 40.7 Å². The van der Waals surface area contributed by atoms with E-state index < -0.39 is 16.8 Å². The number of nitro benzene ring substituents is 1. The summed E-state index contributed by atoms with van der Waals surface area (Å²) in [6.07, 6.45) is 0. The average molecular weight is 409 g/mol. The van der Waals surface area contributed by atoms with E-state index in [0.717, 1.165) is 11.8 Å². The molecule has 0 bridgehead atoms. The standard InChI is InChI=1S/C20H15N3O5S/c21-15-6-1-2-7-17(15)29-18-9-8-12(11-16(18)23(27)28)19(24)22-14-5-3-4-13(10-14)20(25)26/h1-11H,21H2,(H,22,24)(H,25,26). The summed E-state index contributed by atoms with van der Waals surface area (Å²) in [6.45, 7) is 0. The number of carboxylic acid groups (broad SMARTS) is 1. The summed E-state index contributed by atoms with van der Waals surface area (Å²) in [5.74, 6) is -1.72. The van der Waals surface area contributed by atoms with Crippen LogP contribution < -0.4 is 11.1 Å². The van der Waals surface area contributed by atoms with Crippen molar-refractivity contribution in [1.29, 1.82) is 0 Å². The quantitative estimate of drug-likeness (QED) is 0.314. The van der Waals surface area contributed by atoms with Gasteiger partial charge in [0.15, 0.2) is 0 Å². The van der Waals surface area contributed by atoms with Crippen molar-refractivity contribution in [1.82, 2.24) is 0 Å². The number of nitrogens with two attached hydrogens (primary N) is 1. The fourth-order valence-electron chi connectivity index (χ4n) is 2.51. The van der Waals surface area contributed by atoms with Gasteiger partial charge in [-0.15, -0.1) is 0 Å². The molecule has 9 heteroatoms. The van der Waals surface area contributed by atoms with E-state index >= 15 is 0 Å². The SMILES string of the molecule is Nc1ccccc1Sc1ccc(C(=O)Nc2cccc(C(=O)O)c2)cc1[N+](=O)[O-]. The molecular formula is C20H15N3O5S. The highest BCUT2D eigenvalue weighted by Gasteiger charge is 2.19. The number of carboxylic acids is 1. The van der Waals surface area contributed by atoms with Crippen molar-refractivity contribution < 1.29 is 19.6 Å². The van der Waals surface area contributed by atoms with E-state index in [2.05, 4.69) is 5.32 Å². The molecule has 8 nitrogen and oxygen atoms in total. The van der Waals surface area contributed by atoms with Crippen molar-refractivity contribution in [2.75, 3.05) is 11.1 Å². The van der Waals surface area contributed by atoms with Crippen LogP contribution in [0.4, 0.5) is 17.1 Å². The van der Waals surface area contributed by atoms with Gasteiger partial charge in [0.05, 0.1) is 15.4 Å². The molecule has 3 aromatic carbocycles. The molecule has 0 radical (unpaired) electrons. The zero-order valence-electron chi connectivity index (χ0n) is 14.9. The molecule has 0 saturated carbocycles. The number of anilines is 2. The number of para-hydroxylation sites is 1. The van der Waals surface area contributed by atoms with Gasteiger partial charge in [-0.2, -0.15) is 0 Å². The predicted octanol–water partition coefficient (Wildman–Crippen LogP) is 4.28. The Morgan fingerprint density at radius 1 is 0.966 bits per heavy atom. The molecule has 29 heavy (non-hydrogen) atoms. The summed E-state index contributed by atoms with van der Waals surface area (Å²) in [7, 11) is 0. The first kappa shape index (κ1) is 19.9. The molecule has 146 valence electrons. The number of nitro groups is 1. The van der Waals surface area contributed by atoms with Gasteiger partial charge in [-0.3, -0.25) is 14.9 Å². The zero-order valence-corrected chi connectivity index (χ0v) is 15.7. The Kier molecular flexibility index (Phi) is 5.79. The lowest BCUT2D eigenvalue weighted by atomic mass is 10.1. The molecule has 0 aliphatic carbocycles. The van der Waals surface area contributed by atoms with Gasteiger partial charge < -0.3 is 16.2 Å². The van der Waals surface area contributed by atoms with Crippen LogP contribution in [0.2, 0.25) is 0 Å². The second-order valence-electron chi connectivity index (χ2n) is 5.92. The van der Waals surface area contributed by atoms with Gasteiger partial charge in [0, 0.05) is 27.9 Å². The molecule has 3 rings (SSSR count). The number of carbonyl (C=O) groups is 2. The number of benzene rings is 3. The molecule has 0 unspecified atom stereocenters. The fourth-order valence-corrected chi connectivity index (χ4v) is 3.46. The Balaban J connectivity index is 1.87. The van der Waals surface area contributed by atoms with Gasteiger partial charge in [-0.1, -0.05) is 30.0 Å². The molecule has 0 aliphatic rings. The van der Waals surface area contributed by atoms with Crippen LogP contribution in [0.1, 0.15) is 20.7 Å². The molecule has 4 N–H and O–H groups in total. The molecule has 0 spiro atoms. The number of nitrogen functional groups attached to an aromatic ring is 1. The maximum absolute atomic E-state index is 12.5. The number of aromatic carboxylic acids is 1. The minimum Gasteiger partial charge on any atom is -0.478 e. The molecule has 0 atom stereocenters.